The number of piperazine rings is 1. The number of hydrogen-bond acceptors (Lipinski definition) is 3. The molecular formula is C24H25ClN4O. The fourth-order valence-corrected chi connectivity index (χ4v) is 5.43. The van der Waals surface area contributed by atoms with Gasteiger partial charge >= 0.3 is 0 Å². The van der Waals surface area contributed by atoms with E-state index in [-0.39, 0.29) is 0 Å². The highest BCUT2D eigenvalue weighted by atomic mass is 35.5. The SMILES string of the molecule is O=C(C1CCC1)N1C2CC1CN(Cc1c(-c3ccc(Cl)cc3)nc3ccccn13)C2. The lowest BCUT2D eigenvalue weighted by Crippen LogP contribution is -2.70. The van der Waals surface area contributed by atoms with Gasteiger partial charge in [0.1, 0.15) is 5.65 Å². The zero-order valence-electron chi connectivity index (χ0n) is 16.9. The van der Waals surface area contributed by atoms with Gasteiger partial charge in [0.15, 0.2) is 0 Å². The molecule has 3 aliphatic heterocycles. The van der Waals surface area contributed by atoms with Crippen molar-refractivity contribution in [2.75, 3.05) is 13.1 Å². The van der Waals surface area contributed by atoms with Gasteiger partial charge in [-0.15, -0.1) is 0 Å². The number of pyridine rings is 1. The van der Waals surface area contributed by atoms with Gasteiger partial charge in [-0.1, -0.05) is 36.2 Å². The first kappa shape index (κ1) is 18.4. The van der Waals surface area contributed by atoms with E-state index in [2.05, 4.69) is 32.5 Å². The summed E-state index contributed by atoms with van der Waals surface area (Å²) in [7, 11) is 0. The van der Waals surface area contributed by atoms with Gasteiger partial charge in [0.2, 0.25) is 5.91 Å². The molecular weight excluding hydrogens is 396 g/mol. The van der Waals surface area contributed by atoms with Crippen LogP contribution < -0.4 is 0 Å². The number of carbonyl (C=O) groups is 1. The molecule has 0 spiro atoms. The van der Waals surface area contributed by atoms with Crippen molar-refractivity contribution in [1.29, 1.82) is 0 Å². The van der Waals surface area contributed by atoms with Gasteiger partial charge in [-0.05, 0) is 43.5 Å². The maximum absolute atomic E-state index is 12.8. The van der Waals surface area contributed by atoms with Crippen LogP contribution >= 0.6 is 11.6 Å². The lowest BCUT2D eigenvalue weighted by atomic mass is 9.79. The number of nitrogens with zero attached hydrogens (tertiary/aromatic N) is 4. The first-order valence-electron chi connectivity index (χ1n) is 10.9. The number of rotatable bonds is 4. The predicted molar refractivity (Wildman–Crippen MR) is 117 cm³/mol. The smallest absolute Gasteiger partial charge is 0.226 e. The summed E-state index contributed by atoms with van der Waals surface area (Å²) < 4.78 is 2.20. The van der Waals surface area contributed by atoms with Crippen molar-refractivity contribution in [1.82, 2.24) is 19.2 Å². The molecule has 1 aliphatic carbocycles. The fraction of sp³-hybridized carbons (Fsp3) is 0.417. The molecule has 2 atom stereocenters. The number of benzene rings is 1. The predicted octanol–water partition coefficient (Wildman–Crippen LogP) is 4.24. The van der Waals surface area contributed by atoms with E-state index in [9.17, 15) is 4.79 Å². The van der Waals surface area contributed by atoms with Crippen LogP contribution in [0.2, 0.25) is 5.02 Å². The van der Waals surface area contributed by atoms with Crippen LogP contribution in [0.4, 0.5) is 0 Å². The normalized spacial score (nSPS) is 24.0. The Morgan fingerprint density at radius 2 is 1.83 bits per heavy atom. The summed E-state index contributed by atoms with van der Waals surface area (Å²) >= 11 is 6.10. The number of fused-ring (bicyclic) bond motifs is 3. The quantitative estimate of drug-likeness (QED) is 0.633. The summed E-state index contributed by atoms with van der Waals surface area (Å²) in [4.78, 5) is 22.4. The van der Waals surface area contributed by atoms with Gasteiger partial charge < -0.3 is 9.30 Å². The van der Waals surface area contributed by atoms with Gasteiger partial charge in [-0.25, -0.2) is 4.98 Å². The molecule has 30 heavy (non-hydrogen) atoms. The van der Waals surface area contributed by atoms with Crippen LogP contribution in [-0.2, 0) is 11.3 Å². The standard InChI is InChI=1S/C24H25ClN4O/c25-18-9-7-16(8-10-18)23-21(28-11-2-1-6-22(28)26-23)15-27-13-19-12-20(14-27)29(19)24(30)17-4-3-5-17/h1-2,6-11,17,19-20H,3-5,12-15H2. The van der Waals surface area contributed by atoms with Crippen molar-refractivity contribution in [2.24, 2.45) is 5.92 Å². The van der Waals surface area contributed by atoms with Crippen molar-refractivity contribution in [3.63, 3.8) is 0 Å². The molecule has 4 aliphatic rings. The molecule has 1 saturated carbocycles. The molecule has 5 heterocycles. The third kappa shape index (κ3) is 2.95. The third-order valence-electron chi connectivity index (χ3n) is 7.10. The molecule has 1 amide bonds. The van der Waals surface area contributed by atoms with E-state index in [1.165, 1.54) is 12.1 Å². The number of hydrogen-bond donors (Lipinski definition) is 0. The summed E-state index contributed by atoms with van der Waals surface area (Å²) in [5.41, 5.74) is 4.26. The zero-order chi connectivity index (χ0) is 20.2. The number of halogens is 1. The van der Waals surface area contributed by atoms with Gasteiger partial charge in [0, 0.05) is 54.4 Å². The summed E-state index contributed by atoms with van der Waals surface area (Å²) in [6.07, 6.45) is 6.64. The van der Waals surface area contributed by atoms with Crippen molar-refractivity contribution < 1.29 is 4.79 Å². The molecule has 2 aromatic heterocycles. The highest BCUT2D eigenvalue weighted by Crippen LogP contribution is 2.38. The average molecular weight is 421 g/mol. The minimum absolute atomic E-state index is 0.303. The van der Waals surface area contributed by atoms with E-state index in [0.717, 1.165) is 60.8 Å². The summed E-state index contributed by atoms with van der Waals surface area (Å²) in [6.45, 7) is 2.74. The molecule has 0 N–H and O–H groups in total. The highest BCUT2D eigenvalue weighted by Gasteiger charge is 2.49. The number of carbonyl (C=O) groups excluding carboxylic acids is 1. The van der Waals surface area contributed by atoms with E-state index in [0.29, 0.717) is 23.9 Å². The molecule has 3 saturated heterocycles. The molecule has 4 fully saturated rings. The first-order chi connectivity index (χ1) is 14.7. The molecule has 0 radical (unpaired) electrons. The number of piperidine rings is 1. The van der Waals surface area contributed by atoms with Gasteiger partial charge in [0.25, 0.3) is 0 Å². The Kier molecular flexibility index (Phi) is 4.36. The van der Waals surface area contributed by atoms with Crippen LogP contribution in [-0.4, -0.2) is 50.3 Å². The third-order valence-corrected chi connectivity index (χ3v) is 7.35. The maximum Gasteiger partial charge on any atom is 0.226 e. The monoisotopic (exact) mass is 420 g/mol. The topological polar surface area (TPSA) is 40.9 Å². The molecule has 7 rings (SSSR count). The van der Waals surface area contributed by atoms with E-state index in [1.807, 2.05) is 30.3 Å². The maximum atomic E-state index is 12.8. The van der Waals surface area contributed by atoms with Crippen LogP contribution in [0.3, 0.4) is 0 Å². The van der Waals surface area contributed by atoms with Crippen LogP contribution in [0, 0.1) is 5.92 Å². The lowest BCUT2D eigenvalue weighted by molar-refractivity contribution is -0.161. The van der Waals surface area contributed by atoms with Crippen molar-refractivity contribution in [3.05, 3.63) is 59.4 Å². The molecule has 1 aromatic carbocycles. The summed E-state index contributed by atoms with van der Waals surface area (Å²) in [6, 6.07) is 14.8. The number of aromatic nitrogens is 2. The molecule has 2 bridgehead atoms. The van der Waals surface area contributed by atoms with Gasteiger partial charge in [0.05, 0.1) is 11.4 Å². The molecule has 3 aromatic rings. The van der Waals surface area contributed by atoms with Crippen LogP contribution in [0.15, 0.2) is 48.7 Å². The van der Waals surface area contributed by atoms with Crippen LogP contribution in [0.1, 0.15) is 31.4 Å². The fourth-order valence-electron chi connectivity index (χ4n) is 5.30. The largest absolute Gasteiger partial charge is 0.334 e. The number of imidazole rings is 1. The Hall–Kier alpha value is -2.37. The molecule has 2 unspecified atom stereocenters. The van der Waals surface area contributed by atoms with Crippen molar-refractivity contribution in [3.8, 4) is 11.3 Å². The Bertz CT molecular complexity index is 1090. The zero-order valence-corrected chi connectivity index (χ0v) is 17.6. The minimum atomic E-state index is 0.303. The Morgan fingerprint density at radius 1 is 1.07 bits per heavy atom. The lowest BCUT2D eigenvalue weighted by Gasteiger charge is -2.57. The Morgan fingerprint density at radius 3 is 2.53 bits per heavy atom. The Balaban J connectivity index is 1.27. The summed E-state index contributed by atoms with van der Waals surface area (Å²) in [5, 5.41) is 0.733. The molecule has 154 valence electrons. The Labute approximate surface area is 181 Å². The second-order valence-corrected chi connectivity index (χ2v) is 9.39. The van der Waals surface area contributed by atoms with Crippen LogP contribution in [0.25, 0.3) is 16.9 Å². The highest BCUT2D eigenvalue weighted by molar-refractivity contribution is 6.30. The molecule has 5 nitrogen and oxygen atoms in total. The minimum Gasteiger partial charge on any atom is -0.334 e. The second kappa shape index (κ2) is 7.10. The second-order valence-electron chi connectivity index (χ2n) is 8.95. The van der Waals surface area contributed by atoms with Crippen molar-refractivity contribution in [2.45, 2.75) is 44.3 Å². The van der Waals surface area contributed by atoms with E-state index >= 15 is 0 Å². The van der Waals surface area contributed by atoms with E-state index in [4.69, 9.17) is 16.6 Å². The van der Waals surface area contributed by atoms with Crippen molar-refractivity contribution >= 4 is 23.2 Å². The first-order valence-corrected chi connectivity index (χ1v) is 11.3. The number of amides is 1. The summed E-state index contributed by atoms with van der Waals surface area (Å²) in [5.74, 6) is 0.718. The van der Waals surface area contributed by atoms with Crippen LogP contribution in [0.5, 0.6) is 0 Å². The molecule has 6 heteroatoms. The average Bonchev–Trinajstić information content (AvgIpc) is 3.06. The van der Waals surface area contributed by atoms with E-state index < -0.39 is 0 Å². The van der Waals surface area contributed by atoms with Gasteiger partial charge in [-0.3, -0.25) is 9.69 Å². The van der Waals surface area contributed by atoms with E-state index in [1.54, 1.807) is 0 Å². The van der Waals surface area contributed by atoms with Gasteiger partial charge in [-0.2, -0.15) is 0 Å².